The van der Waals surface area contributed by atoms with Gasteiger partial charge in [-0.2, -0.15) is 0 Å². The lowest BCUT2D eigenvalue weighted by Gasteiger charge is -2.09. The second-order valence-corrected chi connectivity index (χ2v) is 6.56. The van der Waals surface area contributed by atoms with Gasteiger partial charge >= 0.3 is 0 Å². The van der Waals surface area contributed by atoms with Gasteiger partial charge in [-0.3, -0.25) is 4.79 Å². The number of imidazole rings is 1. The van der Waals surface area contributed by atoms with Crippen LogP contribution in [0, 0.1) is 11.7 Å². The van der Waals surface area contributed by atoms with Crippen molar-refractivity contribution >= 4 is 29.0 Å². The Hall–Kier alpha value is -2.44. The Morgan fingerprint density at radius 2 is 2.16 bits per heavy atom. The summed E-state index contributed by atoms with van der Waals surface area (Å²) in [4.78, 5) is 16.2. The lowest BCUT2D eigenvalue weighted by Crippen LogP contribution is -2.13. The molecule has 128 valence electrons. The van der Waals surface area contributed by atoms with Crippen molar-refractivity contribution in [2.24, 2.45) is 5.92 Å². The van der Waals surface area contributed by atoms with E-state index in [0.29, 0.717) is 28.2 Å². The van der Waals surface area contributed by atoms with Gasteiger partial charge in [-0.25, -0.2) is 9.37 Å². The molecule has 1 saturated carbocycles. The molecule has 0 radical (unpaired) electrons. The number of pyridine rings is 1. The maximum Gasteiger partial charge on any atom is 0.228 e. The average Bonchev–Trinajstić information content (AvgIpc) is 3.37. The van der Waals surface area contributed by atoms with Crippen molar-refractivity contribution < 1.29 is 14.3 Å². The molecule has 4 rings (SSSR count). The standard InChI is InChI=1S/C18H15ClFN3O2/c19-14-5-12(9-24)13(6-15(14)20)11-3-4-17-21-16(8-23(17)7-11)22-18(25)10-1-2-10/h3-8,10,24H,1-2,9H2,(H,22,25). The molecule has 2 aromatic heterocycles. The first-order chi connectivity index (χ1) is 12.0. The molecule has 1 aromatic carbocycles. The number of aliphatic hydroxyl groups excluding tert-OH is 1. The van der Waals surface area contributed by atoms with Crippen molar-refractivity contribution in [2.45, 2.75) is 19.4 Å². The molecule has 7 heteroatoms. The van der Waals surface area contributed by atoms with Gasteiger partial charge in [-0.1, -0.05) is 11.6 Å². The number of halogens is 2. The molecular weight excluding hydrogens is 345 g/mol. The minimum absolute atomic E-state index is 0.00836. The fourth-order valence-corrected chi connectivity index (χ4v) is 2.96. The van der Waals surface area contributed by atoms with Gasteiger partial charge in [0, 0.05) is 12.1 Å². The Morgan fingerprint density at radius 1 is 1.36 bits per heavy atom. The van der Waals surface area contributed by atoms with Crippen LogP contribution in [-0.2, 0) is 11.4 Å². The fraction of sp³-hybridized carbons (Fsp3) is 0.222. The van der Waals surface area contributed by atoms with E-state index in [1.165, 1.54) is 12.1 Å². The first-order valence-electron chi connectivity index (χ1n) is 7.94. The topological polar surface area (TPSA) is 66.6 Å². The maximum absolute atomic E-state index is 13.8. The molecule has 0 saturated heterocycles. The van der Waals surface area contributed by atoms with Crippen LogP contribution in [0.3, 0.4) is 0 Å². The molecule has 5 nitrogen and oxygen atoms in total. The number of nitrogens with zero attached hydrogens (tertiary/aromatic N) is 2. The molecule has 1 aliphatic rings. The zero-order valence-corrected chi connectivity index (χ0v) is 13.9. The van der Waals surface area contributed by atoms with Crippen LogP contribution in [-0.4, -0.2) is 20.4 Å². The van der Waals surface area contributed by atoms with Gasteiger partial charge in [-0.15, -0.1) is 0 Å². The minimum Gasteiger partial charge on any atom is -0.392 e. The molecule has 0 spiro atoms. The number of aliphatic hydroxyl groups is 1. The van der Waals surface area contributed by atoms with E-state index in [1.54, 1.807) is 28.9 Å². The van der Waals surface area contributed by atoms with Gasteiger partial charge in [0.15, 0.2) is 5.82 Å². The number of benzene rings is 1. The van der Waals surface area contributed by atoms with Crippen LogP contribution >= 0.6 is 11.6 Å². The number of hydrogen-bond acceptors (Lipinski definition) is 3. The summed E-state index contributed by atoms with van der Waals surface area (Å²) in [5, 5.41) is 12.3. The molecule has 0 atom stereocenters. The third kappa shape index (κ3) is 3.10. The Kier molecular flexibility index (Phi) is 3.94. The highest BCUT2D eigenvalue weighted by Gasteiger charge is 2.30. The second kappa shape index (κ2) is 6.13. The van der Waals surface area contributed by atoms with Crippen molar-refractivity contribution in [3.63, 3.8) is 0 Å². The van der Waals surface area contributed by atoms with Crippen LogP contribution in [0.15, 0.2) is 36.7 Å². The first-order valence-corrected chi connectivity index (χ1v) is 8.31. The third-order valence-electron chi connectivity index (χ3n) is 4.28. The maximum atomic E-state index is 13.8. The molecule has 1 aliphatic carbocycles. The summed E-state index contributed by atoms with van der Waals surface area (Å²) in [7, 11) is 0. The van der Waals surface area contributed by atoms with E-state index in [4.69, 9.17) is 11.6 Å². The Morgan fingerprint density at radius 3 is 2.88 bits per heavy atom. The lowest BCUT2D eigenvalue weighted by molar-refractivity contribution is -0.117. The lowest BCUT2D eigenvalue weighted by atomic mass is 10.0. The highest BCUT2D eigenvalue weighted by molar-refractivity contribution is 6.30. The SMILES string of the molecule is O=C(Nc1cn2cc(-c3cc(F)c(Cl)cc3CO)ccc2n1)C1CC1. The summed E-state index contributed by atoms with van der Waals surface area (Å²) < 4.78 is 15.6. The van der Waals surface area contributed by atoms with Crippen molar-refractivity contribution in [1.29, 1.82) is 0 Å². The summed E-state index contributed by atoms with van der Waals surface area (Å²) in [6, 6.07) is 6.29. The van der Waals surface area contributed by atoms with E-state index >= 15 is 0 Å². The van der Waals surface area contributed by atoms with E-state index in [9.17, 15) is 14.3 Å². The average molecular weight is 360 g/mol. The number of carbonyl (C=O) groups excluding carboxylic acids is 1. The summed E-state index contributed by atoms with van der Waals surface area (Å²) in [6.07, 6.45) is 5.34. The molecule has 1 fully saturated rings. The molecule has 0 aliphatic heterocycles. The zero-order valence-electron chi connectivity index (χ0n) is 13.2. The van der Waals surface area contributed by atoms with Crippen molar-refractivity contribution in [3.8, 4) is 11.1 Å². The van der Waals surface area contributed by atoms with Gasteiger partial charge in [0.2, 0.25) is 5.91 Å². The third-order valence-corrected chi connectivity index (χ3v) is 4.57. The van der Waals surface area contributed by atoms with E-state index in [1.807, 2.05) is 0 Å². The Labute approximate surface area is 148 Å². The summed E-state index contributed by atoms with van der Waals surface area (Å²) in [6.45, 7) is -0.250. The van der Waals surface area contributed by atoms with E-state index < -0.39 is 5.82 Å². The minimum atomic E-state index is -0.544. The predicted octanol–water partition coefficient (Wildman–Crippen LogP) is 3.63. The fourth-order valence-electron chi connectivity index (χ4n) is 2.77. The number of nitrogens with one attached hydrogen (secondary N) is 1. The molecule has 1 amide bonds. The van der Waals surface area contributed by atoms with E-state index in [-0.39, 0.29) is 23.5 Å². The predicted molar refractivity (Wildman–Crippen MR) is 92.9 cm³/mol. The van der Waals surface area contributed by atoms with Crippen molar-refractivity contribution in [3.05, 3.63) is 53.1 Å². The van der Waals surface area contributed by atoms with Crippen LogP contribution in [0.5, 0.6) is 0 Å². The van der Waals surface area contributed by atoms with E-state index in [0.717, 1.165) is 12.8 Å². The molecular formula is C18H15ClFN3O2. The van der Waals surface area contributed by atoms with Crippen LogP contribution < -0.4 is 5.32 Å². The van der Waals surface area contributed by atoms with Gasteiger partial charge in [0.25, 0.3) is 0 Å². The quantitative estimate of drug-likeness (QED) is 0.747. The van der Waals surface area contributed by atoms with Crippen LogP contribution in [0.1, 0.15) is 18.4 Å². The molecule has 2 heterocycles. The normalized spacial score (nSPS) is 14.0. The smallest absolute Gasteiger partial charge is 0.228 e. The van der Waals surface area contributed by atoms with Crippen LogP contribution in [0.2, 0.25) is 5.02 Å². The summed E-state index contributed by atoms with van der Waals surface area (Å²) >= 11 is 5.79. The number of rotatable bonds is 4. The number of amides is 1. The molecule has 0 unspecified atom stereocenters. The van der Waals surface area contributed by atoms with Crippen LogP contribution in [0.4, 0.5) is 10.2 Å². The monoisotopic (exact) mass is 359 g/mol. The molecule has 0 bridgehead atoms. The summed E-state index contributed by atoms with van der Waals surface area (Å²) in [5.41, 5.74) is 2.47. The van der Waals surface area contributed by atoms with Gasteiger partial charge < -0.3 is 14.8 Å². The van der Waals surface area contributed by atoms with E-state index in [2.05, 4.69) is 10.3 Å². The molecule has 2 N–H and O–H groups in total. The first kappa shape index (κ1) is 16.1. The highest BCUT2D eigenvalue weighted by Crippen LogP contribution is 2.31. The number of anilines is 1. The molecule has 3 aromatic rings. The summed E-state index contributed by atoms with van der Waals surface area (Å²) in [5.74, 6) is 0.0335. The number of fused-ring (bicyclic) bond motifs is 1. The van der Waals surface area contributed by atoms with Crippen molar-refractivity contribution in [2.75, 3.05) is 5.32 Å². The van der Waals surface area contributed by atoms with Gasteiger partial charge in [0.1, 0.15) is 11.5 Å². The second-order valence-electron chi connectivity index (χ2n) is 6.15. The Balaban J connectivity index is 1.71. The number of carbonyl (C=O) groups is 1. The largest absolute Gasteiger partial charge is 0.392 e. The highest BCUT2D eigenvalue weighted by atomic mass is 35.5. The van der Waals surface area contributed by atoms with Crippen molar-refractivity contribution in [1.82, 2.24) is 9.38 Å². The molecule has 25 heavy (non-hydrogen) atoms. The van der Waals surface area contributed by atoms with Gasteiger partial charge in [0.05, 0.1) is 17.8 Å². The van der Waals surface area contributed by atoms with Crippen LogP contribution in [0.25, 0.3) is 16.8 Å². The van der Waals surface area contributed by atoms with Gasteiger partial charge in [-0.05, 0) is 53.8 Å². The Bertz CT molecular complexity index is 982. The zero-order chi connectivity index (χ0) is 17.6. The number of hydrogen-bond donors (Lipinski definition) is 2. The number of aromatic nitrogens is 2.